The number of rotatable bonds is 8. The van der Waals surface area contributed by atoms with Gasteiger partial charge in [0.05, 0.1) is 4.91 Å². The molecule has 8 nitrogen and oxygen atoms in total. The van der Waals surface area contributed by atoms with Gasteiger partial charge in [0.1, 0.15) is 5.75 Å². The van der Waals surface area contributed by atoms with Crippen LogP contribution in [0, 0.1) is 0 Å². The van der Waals surface area contributed by atoms with Crippen LogP contribution in [0.2, 0.25) is 0 Å². The van der Waals surface area contributed by atoms with Crippen LogP contribution in [0.25, 0.3) is 6.08 Å². The van der Waals surface area contributed by atoms with Crippen LogP contribution in [0.5, 0.6) is 17.2 Å². The van der Waals surface area contributed by atoms with Gasteiger partial charge >= 0.3 is 0 Å². The fourth-order valence-corrected chi connectivity index (χ4v) is 4.07. The van der Waals surface area contributed by atoms with E-state index < -0.39 is 0 Å². The van der Waals surface area contributed by atoms with Crippen LogP contribution >= 0.6 is 11.8 Å². The van der Waals surface area contributed by atoms with E-state index in [1.54, 1.807) is 30.3 Å². The normalized spacial score (nSPS) is 16.0. The maximum absolute atomic E-state index is 12.6. The molecular formula is C23H22N2O6S. The van der Waals surface area contributed by atoms with Gasteiger partial charge in [0.15, 0.2) is 18.1 Å². The lowest BCUT2D eigenvalue weighted by Crippen LogP contribution is -2.38. The number of benzene rings is 2. The third-order valence-corrected chi connectivity index (χ3v) is 5.81. The number of aryl methyl sites for hydroxylation is 1. The van der Waals surface area contributed by atoms with Gasteiger partial charge in [-0.1, -0.05) is 25.1 Å². The second-order valence-electron chi connectivity index (χ2n) is 7.09. The molecule has 2 aromatic rings. The Morgan fingerprint density at radius 2 is 2.03 bits per heavy atom. The zero-order valence-electron chi connectivity index (χ0n) is 17.5. The third kappa shape index (κ3) is 5.05. The van der Waals surface area contributed by atoms with Crippen LogP contribution in [0.15, 0.2) is 47.4 Å². The first-order chi connectivity index (χ1) is 15.5. The predicted molar refractivity (Wildman–Crippen MR) is 120 cm³/mol. The summed E-state index contributed by atoms with van der Waals surface area (Å²) in [5.41, 5.74) is 1.86. The van der Waals surface area contributed by atoms with Crippen molar-refractivity contribution >= 4 is 34.9 Å². The minimum atomic E-state index is -0.389. The van der Waals surface area contributed by atoms with Crippen molar-refractivity contribution in [1.29, 1.82) is 0 Å². The Kier molecular flexibility index (Phi) is 6.65. The minimum Gasteiger partial charge on any atom is -0.484 e. The second-order valence-corrected chi connectivity index (χ2v) is 8.08. The monoisotopic (exact) mass is 454 g/mol. The van der Waals surface area contributed by atoms with Gasteiger partial charge in [0.25, 0.3) is 17.1 Å². The molecule has 1 N–H and O–H groups in total. The molecular weight excluding hydrogens is 432 g/mol. The van der Waals surface area contributed by atoms with Crippen LogP contribution in [0.4, 0.5) is 4.79 Å². The Hall–Kier alpha value is -3.46. The maximum atomic E-state index is 12.6. The molecule has 2 aliphatic heterocycles. The highest BCUT2D eigenvalue weighted by molar-refractivity contribution is 8.18. The molecule has 4 rings (SSSR count). The molecule has 3 amide bonds. The van der Waals surface area contributed by atoms with Crippen molar-refractivity contribution in [3.63, 3.8) is 0 Å². The van der Waals surface area contributed by atoms with Crippen LogP contribution < -0.4 is 19.5 Å². The zero-order chi connectivity index (χ0) is 22.5. The van der Waals surface area contributed by atoms with E-state index >= 15 is 0 Å². The first-order valence-corrected chi connectivity index (χ1v) is 11.0. The predicted octanol–water partition coefficient (Wildman–Crippen LogP) is 3.21. The minimum absolute atomic E-state index is 0.0835. The van der Waals surface area contributed by atoms with Gasteiger partial charge in [0.2, 0.25) is 6.79 Å². The van der Waals surface area contributed by atoms with Crippen molar-refractivity contribution in [2.75, 3.05) is 26.5 Å². The van der Waals surface area contributed by atoms with Crippen molar-refractivity contribution in [2.24, 2.45) is 0 Å². The summed E-state index contributed by atoms with van der Waals surface area (Å²) in [5, 5.41) is 2.30. The Bertz CT molecular complexity index is 1080. The lowest BCUT2D eigenvalue weighted by Gasteiger charge is -2.13. The number of carbonyl (C=O) groups is 3. The summed E-state index contributed by atoms with van der Waals surface area (Å²) in [6.07, 6.45) is 2.52. The lowest BCUT2D eigenvalue weighted by molar-refractivity contribution is -0.125. The molecule has 2 aliphatic rings. The fraction of sp³-hybridized carbons (Fsp3) is 0.261. The number of amides is 3. The van der Waals surface area contributed by atoms with Gasteiger partial charge in [-0.3, -0.25) is 19.3 Å². The molecule has 0 aromatic heterocycles. The number of nitrogens with one attached hydrogen (secondary N) is 1. The quantitative estimate of drug-likeness (QED) is 0.612. The van der Waals surface area contributed by atoms with Gasteiger partial charge in [0, 0.05) is 13.1 Å². The van der Waals surface area contributed by atoms with Gasteiger partial charge in [-0.15, -0.1) is 0 Å². The number of thioether (sulfide) groups is 1. The fourth-order valence-electron chi connectivity index (χ4n) is 3.21. The van der Waals surface area contributed by atoms with Crippen LogP contribution in [-0.4, -0.2) is 48.4 Å². The molecule has 0 saturated carbocycles. The van der Waals surface area contributed by atoms with E-state index in [4.69, 9.17) is 14.2 Å². The largest absolute Gasteiger partial charge is 0.484 e. The Morgan fingerprint density at radius 3 is 2.88 bits per heavy atom. The van der Waals surface area contributed by atoms with Crippen LogP contribution in [-0.2, 0) is 16.0 Å². The molecule has 1 fully saturated rings. The first kappa shape index (κ1) is 21.8. The van der Waals surface area contributed by atoms with Gasteiger partial charge in [-0.05, 0) is 59.7 Å². The average molecular weight is 455 g/mol. The van der Waals surface area contributed by atoms with E-state index in [1.807, 2.05) is 25.1 Å². The second kappa shape index (κ2) is 9.78. The maximum Gasteiger partial charge on any atom is 0.293 e. The molecule has 0 aliphatic carbocycles. The summed E-state index contributed by atoms with van der Waals surface area (Å²) in [6.45, 7) is 2.30. The molecule has 0 radical (unpaired) electrons. The number of hydrogen-bond donors (Lipinski definition) is 1. The van der Waals surface area contributed by atoms with E-state index in [0.29, 0.717) is 22.2 Å². The zero-order valence-corrected chi connectivity index (χ0v) is 18.3. The number of carbonyl (C=O) groups excluding carboxylic acids is 3. The van der Waals surface area contributed by atoms with Gasteiger partial charge < -0.3 is 19.5 Å². The highest BCUT2D eigenvalue weighted by Gasteiger charge is 2.34. The number of ether oxygens (including phenoxy) is 3. The highest BCUT2D eigenvalue weighted by Crippen LogP contribution is 2.36. The first-order valence-electron chi connectivity index (χ1n) is 10.2. The Labute approximate surface area is 189 Å². The standard InChI is InChI=1S/C23H22N2O6S/c1-2-15-4-3-5-17(10-15)29-13-21(26)24-8-9-25-22(27)20(32-23(25)28)12-16-6-7-18-19(11-16)31-14-30-18/h3-7,10-12H,2,8-9,13-14H2,1H3,(H,24,26)/b20-12-. The number of fused-ring (bicyclic) bond motifs is 1. The molecule has 0 spiro atoms. The molecule has 2 heterocycles. The van der Waals surface area contributed by atoms with Crippen molar-refractivity contribution < 1.29 is 28.6 Å². The summed E-state index contributed by atoms with van der Waals surface area (Å²) >= 11 is 0.869. The van der Waals surface area contributed by atoms with E-state index in [0.717, 1.165) is 34.2 Å². The Balaban J connectivity index is 1.27. The molecule has 2 aromatic carbocycles. The van der Waals surface area contributed by atoms with Gasteiger partial charge in [-0.2, -0.15) is 0 Å². The van der Waals surface area contributed by atoms with E-state index in [1.165, 1.54) is 0 Å². The molecule has 0 bridgehead atoms. The highest BCUT2D eigenvalue weighted by atomic mass is 32.2. The lowest BCUT2D eigenvalue weighted by atomic mass is 10.2. The topological polar surface area (TPSA) is 94.2 Å². The van der Waals surface area contributed by atoms with Crippen molar-refractivity contribution in [3.05, 3.63) is 58.5 Å². The smallest absolute Gasteiger partial charge is 0.293 e. The SMILES string of the molecule is CCc1cccc(OCC(=O)NCCN2C(=O)S/C(=C\c3ccc4c(c3)OCO4)C2=O)c1. The summed E-state index contributed by atoms with van der Waals surface area (Å²) in [4.78, 5) is 38.4. The molecule has 166 valence electrons. The van der Waals surface area contributed by atoms with Crippen LogP contribution in [0.3, 0.4) is 0 Å². The molecule has 9 heteroatoms. The number of nitrogens with zero attached hydrogens (tertiary/aromatic N) is 1. The molecule has 0 unspecified atom stereocenters. The molecule has 32 heavy (non-hydrogen) atoms. The summed E-state index contributed by atoms with van der Waals surface area (Å²) < 4.78 is 16.1. The van der Waals surface area contributed by atoms with E-state index in [2.05, 4.69) is 5.32 Å². The molecule has 1 saturated heterocycles. The van der Waals surface area contributed by atoms with Crippen LogP contribution in [0.1, 0.15) is 18.1 Å². The van der Waals surface area contributed by atoms with E-state index in [-0.39, 0.29) is 43.5 Å². The summed E-state index contributed by atoms with van der Waals surface area (Å²) in [5.74, 6) is 1.16. The average Bonchev–Trinajstić information content (AvgIpc) is 3.37. The molecule has 0 atom stereocenters. The Morgan fingerprint density at radius 1 is 1.19 bits per heavy atom. The summed E-state index contributed by atoms with van der Waals surface area (Å²) in [6, 6.07) is 12.9. The summed E-state index contributed by atoms with van der Waals surface area (Å²) in [7, 11) is 0. The van der Waals surface area contributed by atoms with E-state index in [9.17, 15) is 14.4 Å². The third-order valence-electron chi connectivity index (χ3n) is 4.90. The van der Waals surface area contributed by atoms with Crippen molar-refractivity contribution in [1.82, 2.24) is 10.2 Å². The number of hydrogen-bond acceptors (Lipinski definition) is 7. The van der Waals surface area contributed by atoms with Crippen molar-refractivity contribution in [3.8, 4) is 17.2 Å². The number of imide groups is 1. The van der Waals surface area contributed by atoms with Crippen molar-refractivity contribution in [2.45, 2.75) is 13.3 Å². The van der Waals surface area contributed by atoms with Gasteiger partial charge in [-0.25, -0.2) is 0 Å².